The van der Waals surface area contributed by atoms with Crippen LogP contribution >= 0.6 is 0 Å². The predicted octanol–water partition coefficient (Wildman–Crippen LogP) is 0.483. The van der Waals surface area contributed by atoms with Crippen molar-refractivity contribution in [3.63, 3.8) is 0 Å². The maximum atomic E-state index is 11.4. The molecule has 7 heteroatoms. The van der Waals surface area contributed by atoms with Crippen molar-refractivity contribution in [1.82, 2.24) is 9.97 Å². The third-order valence-electron chi connectivity index (χ3n) is 2.24. The lowest BCUT2D eigenvalue weighted by atomic mass is 10.3. The first-order chi connectivity index (χ1) is 8.47. The van der Waals surface area contributed by atoms with Gasteiger partial charge in [0.1, 0.15) is 12.4 Å². The first-order valence-electron chi connectivity index (χ1n) is 5.38. The zero-order valence-electron chi connectivity index (χ0n) is 10.5. The Kier molecular flexibility index (Phi) is 4.59. The Morgan fingerprint density at radius 2 is 2.11 bits per heavy atom. The third kappa shape index (κ3) is 3.41. The summed E-state index contributed by atoms with van der Waals surface area (Å²) in [5.74, 6) is -1.29. The van der Waals surface area contributed by atoms with Gasteiger partial charge in [0, 0.05) is 18.3 Å². The fraction of sp³-hybridized carbons (Fsp3) is 0.455. The molecule has 1 rings (SSSR count). The first kappa shape index (κ1) is 13.9. The molecule has 0 radical (unpaired) electrons. The zero-order valence-corrected chi connectivity index (χ0v) is 10.5. The lowest BCUT2D eigenvalue weighted by molar-refractivity contribution is -0.135. The third-order valence-corrected chi connectivity index (χ3v) is 2.24. The molecule has 0 aromatic carbocycles. The average Bonchev–Trinajstić information content (AvgIpc) is 2.33. The van der Waals surface area contributed by atoms with Gasteiger partial charge in [0.2, 0.25) is 5.82 Å². The van der Waals surface area contributed by atoms with E-state index in [1.165, 1.54) is 12.0 Å². The number of hydrogen-bond donors (Lipinski definition) is 1. The van der Waals surface area contributed by atoms with Crippen molar-refractivity contribution < 1.29 is 19.4 Å². The average molecular weight is 253 g/mol. The smallest absolute Gasteiger partial charge is 0.376 e. The molecule has 0 spiro atoms. The molecule has 1 heterocycles. The van der Waals surface area contributed by atoms with Gasteiger partial charge in [0.05, 0.1) is 7.11 Å². The summed E-state index contributed by atoms with van der Waals surface area (Å²) >= 11 is 0. The van der Waals surface area contributed by atoms with Gasteiger partial charge in [-0.05, 0) is 13.8 Å². The second-order valence-corrected chi connectivity index (χ2v) is 3.59. The SMILES string of the molecule is CCN(CC(=O)O)c1cc(C)nc(C(=O)OC)n1. The van der Waals surface area contributed by atoms with Crippen molar-refractivity contribution in [3.8, 4) is 0 Å². The van der Waals surface area contributed by atoms with E-state index in [0.717, 1.165) is 0 Å². The zero-order chi connectivity index (χ0) is 13.7. The molecule has 0 aliphatic heterocycles. The van der Waals surface area contributed by atoms with Crippen molar-refractivity contribution in [1.29, 1.82) is 0 Å². The number of carboxylic acids is 1. The summed E-state index contributed by atoms with van der Waals surface area (Å²) in [7, 11) is 1.24. The highest BCUT2D eigenvalue weighted by Crippen LogP contribution is 2.12. The largest absolute Gasteiger partial charge is 0.480 e. The number of nitrogens with zero attached hydrogens (tertiary/aromatic N) is 3. The highest BCUT2D eigenvalue weighted by molar-refractivity contribution is 5.85. The number of aliphatic carboxylic acids is 1. The highest BCUT2D eigenvalue weighted by Gasteiger charge is 2.16. The number of methoxy groups -OCH3 is 1. The molecular formula is C11H15N3O4. The number of aryl methyl sites for hydroxylation is 1. The minimum absolute atomic E-state index is 0.0728. The van der Waals surface area contributed by atoms with E-state index in [2.05, 4.69) is 14.7 Å². The predicted molar refractivity (Wildman–Crippen MR) is 63.6 cm³/mol. The van der Waals surface area contributed by atoms with E-state index < -0.39 is 11.9 Å². The van der Waals surface area contributed by atoms with Crippen molar-refractivity contribution in [2.24, 2.45) is 0 Å². The first-order valence-corrected chi connectivity index (χ1v) is 5.38. The summed E-state index contributed by atoms with van der Waals surface area (Å²) in [4.78, 5) is 31.6. The molecule has 0 aliphatic carbocycles. The fourth-order valence-electron chi connectivity index (χ4n) is 1.41. The number of esters is 1. The molecule has 1 aromatic heterocycles. The summed E-state index contributed by atoms with van der Waals surface area (Å²) in [6.07, 6.45) is 0. The Morgan fingerprint density at radius 1 is 1.44 bits per heavy atom. The van der Waals surface area contributed by atoms with Gasteiger partial charge >= 0.3 is 11.9 Å². The number of hydrogen-bond acceptors (Lipinski definition) is 6. The molecule has 0 atom stereocenters. The molecule has 0 fully saturated rings. The molecule has 1 N–H and O–H groups in total. The van der Waals surface area contributed by atoms with Crippen LogP contribution < -0.4 is 4.90 Å². The van der Waals surface area contributed by atoms with Crippen LogP contribution in [0.5, 0.6) is 0 Å². The van der Waals surface area contributed by atoms with Gasteiger partial charge in [-0.1, -0.05) is 0 Å². The highest BCUT2D eigenvalue weighted by atomic mass is 16.5. The molecule has 18 heavy (non-hydrogen) atoms. The van der Waals surface area contributed by atoms with E-state index in [4.69, 9.17) is 5.11 Å². The lowest BCUT2D eigenvalue weighted by Crippen LogP contribution is -2.30. The molecule has 0 saturated heterocycles. The molecule has 1 aromatic rings. The Balaban J connectivity index is 3.10. The van der Waals surface area contributed by atoms with Gasteiger partial charge in [0.25, 0.3) is 0 Å². The van der Waals surface area contributed by atoms with Gasteiger partial charge in [-0.2, -0.15) is 0 Å². The molecule has 0 amide bonds. The second kappa shape index (κ2) is 5.95. The van der Waals surface area contributed by atoms with E-state index in [0.29, 0.717) is 18.1 Å². The molecule has 98 valence electrons. The number of carbonyl (C=O) groups excluding carboxylic acids is 1. The van der Waals surface area contributed by atoms with E-state index in [-0.39, 0.29) is 12.4 Å². The van der Waals surface area contributed by atoms with Crippen LogP contribution in [0.3, 0.4) is 0 Å². The van der Waals surface area contributed by atoms with Gasteiger partial charge in [-0.15, -0.1) is 0 Å². The maximum Gasteiger partial charge on any atom is 0.376 e. The van der Waals surface area contributed by atoms with E-state index in [9.17, 15) is 9.59 Å². The van der Waals surface area contributed by atoms with Crippen molar-refractivity contribution in [2.45, 2.75) is 13.8 Å². The van der Waals surface area contributed by atoms with Crippen LogP contribution in [0.1, 0.15) is 23.2 Å². The number of anilines is 1. The molecule has 0 saturated carbocycles. The summed E-state index contributed by atoms with van der Waals surface area (Å²) < 4.78 is 4.54. The van der Waals surface area contributed by atoms with Crippen molar-refractivity contribution in [2.75, 3.05) is 25.1 Å². The van der Waals surface area contributed by atoms with Crippen LogP contribution in [-0.2, 0) is 9.53 Å². The van der Waals surface area contributed by atoms with E-state index in [1.807, 2.05) is 0 Å². The van der Waals surface area contributed by atoms with Gasteiger partial charge in [0.15, 0.2) is 0 Å². The summed E-state index contributed by atoms with van der Waals surface area (Å²) in [6.45, 7) is 3.78. The molecule has 0 bridgehead atoms. The summed E-state index contributed by atoms with van der Waals surface area (Å²) in [5, 5.41) is 8.79. The van der Waals surface area contributed by atoms with Crippen molar-refractivity contribution in [3.05, 3.63) is 17.6 Å². The van der Waals surface area contributed by atoms with Gasteiger partial charge in [-0.25, -0.2) is 14.8 Å². The van der Waals surface area contributed by atoms with E-state index >= 15 is 0 Å². The normalized spacial score (nSPS) is 9.94. The lowest BCUT2D eigenvalue weighted by Gasteiger charge is -2.20. The molecule has 0 aliphatic rings. The van der Waals surface area contributed by atoms with Crippen LogP contribution in [0.4, 0.5) is 5.82 Å². The summed E-state index contributed by atoms with van der Waals surface area (Å²) in [5.41, 5.74) is 0.573. The van der Waals surface area contributed by atoms with E-state index in [1.54, 1.807) is 19.9 Å². The van der Waals surface area contributed by atoms with Crippen LogP contribution in [0, 0.1) is 6.92 Å². The van der Waals surface area contributed by atoms with Gasteiger partial charge in [-0.3, -0.25) is 4.79 Å². The maximum absolute atomic E-state index is 11.4. The number of rotatable bonds is 5. The van der Waals surface area contributed by atoms with Gasteiger partial charge < -0.3 is 14.7 Å². The Bertz CT molecular complexity index is 462. The number of ether oxygens (including phenoxy) is 1. The Hall–Kier alpha value is -2.18. The molecule has 0 unspecified atom stereocenters. The fourth-order valence-corrected chi connectivity index (χ4v) is 1.41. The topological polar surface area (TPSA) is 92.6 Å². The van der Waals surface area contributed by atoms with Crippen LogP contribution in [-0.4, -0.2) is 47.2 Å². The quantitative estimate of drug-likeness (QED) is 0.763. The second-order valence-electron chi connectivity index (χ2n) is 3.59. The van der Waals surface area contributed by atoms with Crippen LogP contribution in [0.15, 0.2) is 6.07 Å². The Labute approximate surface area is 104 Å². The van der Waals surface area contributed by atoms with Crippen LogP contribution in [0.2, 0.25) is 0 Å². The summed E-state index contributed by atoms with van der Waals surface area (Å²) in [6, 6.07) is 1.62. The standard InChI is InChI=1S/C11H15N3O4/c1-4-14(6-9(15)16)8-5-7(2)12-10(13-8)11(17)18-3/h5H,4,6H2,1-3H3,(H,15,16). The number of carboxylic acid groups (broad SMARTS) is 1. The minimum atomic E-state index is -0.965. The van der Waals surface area contributed by atoms with Crippen molar-refractivity contribution >= 4 is 17.8 Å². The van der Waals surface area contributed by atoms with Crippen LogP contribution in [0.25, 0.3) is 0 Å². The number of likely N-dealkylation sites (N-methyl/N-ethyl adjacent to an activating group) is 1. The molecular weight excluding hydrogens is 238 g/mol. The monoisotopic (exact) mass is 253 g/mol. The Morgan fingerprint density at radius 3 is 2.61 bits per heavy atom. The number of aromatic nitrogens is 2. The minimum Gasteiger partial charge on any atom is -0.480 e. The number of carbonyl (C=O) groups is 2. The molecule has 7 nitrogen and oxygen atoms in total.